The fraction of sp³-hybridized carbons (Fsp3) is 0.182. The Bertz CT molecular complexity index is 502. The van der Waals surface area contributed by atoms with Crippen LogP contribution in [0.15, 0.2) is 18.3 Å². The summed E-state index contributed by atoms with van der Waals surface area (Å²) in [5, 5.41) is 0.756. The molecule has 0 saturated heterocycles. The van der Waals surface area contributed by atoms with E-state index in [1.807, 2.05) is 6.07 Å². The van der Waals surface area contributed by atoms with Crippen molar-refractivity contribution < 1.29 is 14.3 Å². The molecule has 78 valence electrons. The van der Waals surface area contributed by atoms with Gasteiger partial charge in [0.05, 0.1) is 25.1 Å². The van der Waals surface area contributed by atoms with E-state index in [0.717, 1.165) is 17.2 Å². The van der Waals surface area contributed by atoms with E-state index in [1.165, 1.54) is 0 Å². The molecule has 0 aliphatic carbocycles. The molecular weight excluding hydrogens is 194 g/mol. The third-order valence-electron chi connectivity index (χ3n) is 2.34. The summed E-state index contributed by atoms with van der Waals surface area (Å²) >= 11 is 0. The minimum absolute atomic E-state index is 0.570. The molecule has 1 aromatic heterocycles. The van der Waals surface area contributed by atoms with Crippen molar-refractivity contribution in [1.82, 2.24) is 4.98 Å². The molecule has 0 unspecified atom stereocenters. The van der Waals surface area contributed by atoms with Gasteiger partial charge in [-0.05, 0) is 12.1 Å². The van der Waals surface area contributed by atoms with Crippen molar-refractivity contribution in [2.45, 2.75) is 0 Å². The first-order valence-corrected chi connectivity index (χ1v) is 4.49. The maximum absolute atomic E-state index is 10.8. The highest BCUT2D eigenvalue weighted by Gasteiger charge is 2.13. The number of H-pyrrole nitrogens is 1. The topological polar surface area (TPSA) is 51.3 Å². The second-order valence-corrected chi connectivity index (χ2v) is 3.09. The van der Waals surface area contributed by atoms with Crippen LogP contribution in [0.2, 0.25) is 0 Å². The van der Waals surface area contributed by atoms with Gasteiger partial charge in [0.15, 0.2) is 17.8 Å². The Kier molecular flexibility index (Phi) is 2.33. The molecule has 0 radical (unpaired) electrons. The van der Waals surface area contributed by atoms with Crippen LogP contribution in [0.4, 0.5) is 0 Å². The van der Waals surface area contributed by atoms with Crippen molar-refractivity contribution in [2.75, 3.05) is 14.2 Å². The number of hydrogen-bond donors (Lipinski definition) is 1. The Hall–Kier alpha value is -1.97. The van der Waals surface area contributed by atoms with E-state index in [2.05, 4.69) is 4.98 Å². The molecule has 15 heavy (non-hydrogen) atoms. The summed E-state index contributed by atoms with van der Waals surface area (Å²) in [4.78, 5) is 13.8. The summed E-state index contributed by atoms with van der Waals surface area (Å²) in [5.41, 5.74) is 1.43. The van der Waals surface area contributed by atoms with Gasteiger partial charge in [0.25, 0.3) is 0 Å². The number of aromatic nitrogens is 1. The summed E-state index contributed by atoms with van der Waals surface area (Å²) in [6.45, 7) is 0. The first-order chi connectivity index (χ1) is 7.31. The lowest BCUT2D eigenvalue weighted by molar-refractivity contribution is 0.112. The van der Waals surface area contributed by atoms with Crippen LogP contribution >= 0.6 is 0 Å². The van der Waals surface area contributed by atoms with Crippen molar-refractivity contribution in [3.05, 3.63) is 23.9 Å². The van der Waals surface area contributed by atoms with Crippen LogP contribution < -0.4 is 9.47 Å². The summed E-state index contributed by atoms with van der Waals surface area (Å²) in [6.07, 6.45) is 2.44. The van der Waals surface area contributed by atoms with Crippen LogP contribution in [0.1, 0.15) is 10.4 Å². The Morgan fingerprint density at radius 3 is 2.67 bits per heavy atom. The van der Waals surface area contributed by atoms with Crippen molar-refractivity contribution >= 4 is 17.2 Å². The van der Waals surface area contributed by atoms with E-state index in [0.29, 0.717) is 17.1 Å². The van der Waals surface area contributed by atoms with Crippen LogP contribution in [0.3, 0.4) is 0 Å². The quantitative estimate of drug-likeness (QED) is 0.779. The average molecular weight is 205 g/mol. The van der Waals surface area contributed by atoms with Crippen LogP contribution in [-0.4, -0.2) is 25.5 Å². The van der Waals surface area contributed by atoms with E-state index in [4.69, 9.17) is 9.47 Å². The van der Waals surface area contributed by atoms with Crippen molar-refractivity contribution in [2.24, 2.45) is 0 Å². The second kappa shape index (κ2) is 3.65. The van der Waals surface area contributed by atoms with Gasteiger partial charge in [-0.3, -0.25) is 4.79 Å². The maximum atomic E-state index is 10.8. The number of methoxy groups -OCH3 is 2. The molecular formula is C11H11NO3. The van der Waals surface area contributed by atoms with Crippen LogP contribution in [0.5, 0.6) is 11.5 Å². The van der Waals surface area contributed by atoms with Crippen molar-refractivity contribution in [1.29, 1.82) is 0 Å². The lowest BCUT2D eigenvalue weighted by atomic mass is 10.1. The van der Waals surface area contributed by atoms with E-state index < -0.39 is 0 Å². The van der Waals surface area contributed by atoms with Crippen LogP contribution in [-0.2, 0) is 0 Å². The highest BCUT2D eigenvalue weighted by Crippen LogP contribution is 2.36. The van der Waals surface area contributed by atoms with Crippen molar-refractivity contribution in [3.8, 4) is 11.5 Å². The SMILES string of the molecule is COc1ccc2[nH]cc(C=O)c2c1OC. The average Bonchev–Trinajstić information content (AvgIpc) is 2.70. The number of hydrogen-bond acceptors (Lipinski definition) is 3. The molecule has 0 saturated carbocycles. The molecule has 2 rings (SSSR count). The smallest absolute Gasteiger partial charge is 0.170 e. The standard InChI is InChI=1S/C11H11NO3/c1-14-9-4-3-8-10(11(9)15-2)7(6-13)5-12-8/h3-6,12H,1-2H3. The first kappa shape index (κ1) is 9.58. The molecule has 1 heterocycles. The highest BCUT2D eigenvalue weighted by atomic mass is 16.5. The lowest BCUT2D eigenvalue weighted by Crippen LogP contribution is -1.91. The number of aldehydes is 1. The van der Waals surface area contributed by atoms with Gasteiger partial charge in [0.2, 0.25) is 0 Å². The number of ether oxygens (including phenoxy) is 2. The second-order valence-electron chi connectivity index (χ2n) is 3.09. The van der Waals surface area contributed by atoms with E-state index in [9.17, 15) is 4.79 Å². The lowest BCUT2D eigenvalue weighted by Gasteiger charge is -2.08. The zero-order chi connectivity index (χ0) is 10.8. The summed E-state index contributed by atoms with van der Waals surface area (Å²) in [5.74, 6) is 1.20. The fourth-order valence-corrected chi connectivity index (χ4v) is 1.65. The van der Waals surface area contributed by atoms with E-state index in [-0.39, 0.29) is 0 Å². The van der Waals surface area contributed by atoms with Gasteiger partial charge in [-0.25, -0.2) is 0 Å². The van der Waals surface area contributed by atoms with Crippen molar-refractivity contribution in [3.63, 3.8) is 0 Å². The Morgan fingerprint density at radius 1 is 1.27 bits per heavy atom. The minimum atomic E-state index is 0.570. The molecule has 0 atom stereocenters. The van der Waals surface area contributed by atoms with Crippen LogP contribution in [0, 0.1) is 0 Å². The van der Waals surface area contributed by atoms with Crippen LogP contribution in [0.25, 0.3) is 10.9 Å². The number of aromatic amines is 1. The molecule has 1 aromatic carbocycles. The Balaban J connectivity index is 2.82. The van der Waals surface area contributed by atoms with Gasteiger partial charge >= 0.3 is 0 Å². The Morgan fingerprint density at radius 2 is 2.07 bits per heavy atom. The zero-order valence-corrected chi connectivity index (χ0v) is 8.53. The number of rotatable bonds is 3. The monoisotopic (exact) mass is 205 g/mol. The zero-order valence-electron chi connectivity index (χ0n) is 8.53. The summed E-state index contributed by atoms with van der Waals surface area (Å²) < 4.78 is 10.4. The number of fused-ring (bicyclic) bond motifs is 1. The number of nitrogens with one attached hydrogen (secondary N) is 1. The third kappa shape index (κ3) is 1.34. The largest absolute Gasteiger partial charge is 0.493 e. The molecule has 0 aliphatic heterocycles. The molecule has 2 aromatic rings. The van der Waals surface area contributed by atoms with Gasteiger partial charge in [-0.2, -0.15) is 0 Å². The molecule has 4 heteroatoms. The van der Waals surface area contributed by atoms with E-state index >= 15 is 0 Å². The fourth-order valence-electron chi connectivity index (χ4n) is 1.65. The maximum Gasteiger partial charge on any atom is 0.170 e. The number of benzene rings is 1. The summed E-state index contributed by atoms with van der Waals surface area (Å²) in [6, 6.07) is 3.65. The third-order valence-corrected chi connectivity index (χ3v) is 2.34. The number of carbonyl (C=O) groups is 1. The normalized spacial score (nSPS) is 10.3. The number of carbonyl (C=O) groups excluding carboxylic acids is 1. The minimum Gasteiger partial charge on any atom is -0.493 e. The predicted octanol–water partition coefficient (Wildman–Crippen LogP) is 2.00. The predicted molar refractivity (Wildman–Crippen MR) is 56.8 cm³/mol. The van der Waals surface area contributed by atoms with E-state index in [1.54, 1.807) is 26.5 Å². The highest BCUT2D eigenvalue weighted by molar-refractivity contribution is 6.02. The van der Waals surface area contributed by atoms with Gasteiger partial charge in [0, 0.05) is 11.8 Å². The molecule has 0 bridgehead atoms. The molecule has 1 N–H and O–H groups in total. The first-order valence-electron chi connectivity index (χ1n) is 4.49. The van der Waals surface area contributed by atoms with Gasteiger partial charge in [0.1, 0.15) is 0 Å². The molecule has 0 amide bonds. The molecule has 0 spiro atoms. The van der Waals surface area contributed by atoms with Gasteiger partial charge in [-0.15, -0.1) is 0 Å². The Labute approximate surface area is 86.8 Å². The summed E-state index contributed by atoms with van der Waals surface area (Å²) in [7, 11) is 3.12. The van der Waals surface area contributed by atoms with Gasteiger partial charge < -0.3 is 14.5 Å². The molecule has 4 nitrogen and oxygen atoms in total. The molecule has 0 fully saturated rings. The molecule has 0 aliphatic rings. The van der Waals surface area contributed by atoms with Gasteiger partial charge in [-0.1, -0.05) is 0 Å².